The fourth-order valence-electron chi connectivity index (χ4n) is 2.60. The number of rotatable bonds is 3. The van der Waals surface area contributed by atoms with E-state index in [2.05, 4.69) is 17.0 Å². The maximum atomic E-state index is 12.6. The van der Waals surface area contributed by atoms with Crippen molar-refractivity contribution in [1.29, 1.82) is 0 Å². The second-order valence-corrected chi connectivity index (χ2v) is 7.75. The number of aryl methyl sites for hydroxylation is 1. The van der Waals surface area contributed by atoms with Gasteiger partial charge in [0, 0.05) is 16.8 Å². The van der Waals surface area contributed by atoms with E-state index in [0.717, 1.165) is 23.2 Å². The summed E-state index contributed by atoms with van der Waals surface area (Å²) in [7, 11) is -3.63. The number of halogens is 1. The third-order valence-electron chi connectivity index (χ3n) is 3.76. The van der Waals surface area contributed by atoms with Gasteiger partial charge in [0.25, 0.3) is 10.0 Å². The molecule has 0 saturated heterocycles. The average Bonchev–Trinajstić information content (AvgIpc) is 2.81. The molecule has 2 aromatic rings. The number of nitrogens with one attached hydrogen (secondary N) is 2. The van der Waals surface area contributed by atoms with Crippen molar-refractivity contribution in [3.05, 3.63) is 52.5 Å². The van der Waals surface area contributed by atoms with E-state index in [-0.39, 0.29) is 4.90 Å². The van der Waals surface area contributed by atoms with Crippen LogP contribution < -0.4 is 10.0 Å². The zero-order chi connectivity index (χ0) is 15.9. The summed E-state index contributed by atoms with van der Waals surface area (Å²) < 4.78 is 27.8. The Balaban J connectivity index is 1.94. The lowest BCUT2D eigenvalue weighted by atomic mass is 10.1. The molecule has 2 aromatic carbocycles. The summed E-state index contributed by atoms with van der Waals surface area (Å²) in [5.74, 6) is 0. The SMILES string of the molecule is Cc1ccc(Cl)cc1NS(=O)(=O)c1ccc2c(c1)CC(C)N2. The zero-order valence-corrected chi connectivity index (χ0v) is 13.9. The first kappa shape index (κ1) is 15.2. The monoisotopic (exact) mass is 336 g/mol. The molecule has 1 atom stereocenters. The molecule has 6 heteroatoms. The maximum Gasteiger partial charge on any atom is 0.261 e. The van der Waals surface area contributed by atoms with Crippen molar-refractivity contribution >= 4 is 33.0 Å². The van der Waals surface area contributed by atoms with Crippen LogP contribution in [0, 0.1) is 6.92 Å². The molecule has 0 aromatic heterocycles. The van der Waals surface area contributed by atoms with Crippen LogP contribution >= 0.6 is 11.6 Å². The molecule has 0 saturated carbocycles. The first-order valence-electron chi connectivity index (χ1n) is 7.03. The third kappa shape index (κ3) is 2.91. The summed E-state index contributed by atoms with van der Waals surface area (Å²) in [5, 5.41) is 3.81. The molecule has 0 aliphatic carbocycles. The van der Waals surface area contributed by atoms with Gasteiger partial charge in [-0.1, -0.05) is 17.7 Å². The van der Waals surface area contributed by atoms with Crippen LogP contribution in [0.3, 0.4) is 0 Å². The number of hydrogen-bond donors (Lipinski definition) is 2. The molecule has 0 fully saturated rings. The second-order valence-electron chi connectivity index (χ2n) is 5.63. The Hall–Kier alpha value is -1.72. The lowest BCUT2D eigenvalue weighted by Crippen LogP contribution is -2.14. The fourth-order valence-corrected chi connectivity index (χ4v) is 3.95. The molecule has 1 aliphatic heterocycles. The van der Waals surface area contributed by atoms with Crippen LogP contribution in [0.5, 0.6) is 0 Å². The largest absolute Gasteiger partial charge is 0.382 e. The number of benzene rings is 2. The summed E-state index contributed by atoms with van der Waals surface area (Å²) in [6, 6.07) is 10.6. The summed E-state index contributed by atoms with van der Waals surface area (Å²) in [5.41, 5.74) is 3.35. The molecule has 4 nitrogen and oxygen atoms in total. The average molecular weight is 337 g/mol. The molecule has 0 amide bonds. The van der Waals surface area contributed by atoms with E-state index in [1.54, 1.807) is 30.3 Å². The van der Waals surface area contributed by atoms with E-state index in [9.17, 15) is 8.42 Å². The second kappa shape index (κ2) is 5.48. The predicted octanol–water partition coefficient (Wildman–Crippen LogP) is 3.81. The highest BCUT2D eigenvalue weighted by atomic mass is 35.5. The number of anilines is 2. The van der Waals surface area contributed by atoms with Gasteiger partial charge in [-0.05, 0) is 61.7 Å². The summed E-state index contributed by atoms with van der Waals surface area (Å²) >= 11 is 5.94. The molecule has 1 aliphatic rings. The van der Waals surface area contributed by atoms with Gasteiger partial charge in [-0.15, -0.1) is 0 Å². The van der Waals surface area contributed by atoms with Gasteiger partial charge in [-0.2, -0.15) is 0 Å². The van der Waals surface area contributed by atoms with Gasteiger partial charge in [0.1, 0.15) is 0 Å². The smallest absolute Gasteiger partial charge is 0.261 e. The molecule has 116 valence electrons. The molecule has 1 unspecified atom stereocenters. The Labute approximate surface area is 135 Å². The van der Waals surface area contributed by atoms with Crippen molar-refractivity contribution in [2.75, 3.05) is 10.0 Å². The van der Waals surface area contributed by atoms with Crippen molar-refractivity contribution < 1.29 is 8.42 Å². The Kier molecular flexibility index (Phi) is 3.78. The Bertz CT molecular complexity index is 834. The minimum absolute atomic E-state index is 0.265. The Morgan fingerprint density at radius 1 is 1.23 bits per heavy atom. The van der Waals surface area contributed by atoms with E-state index < -0.39 is 10.0 Å². The van der Waals surface area contributed by atoms with Crippen LogP contribution in [0.4, 0.5) is 11.4 Å². The van der Waals surface area contributed by atoms with E-state index in [4.69, 9.17) is 11.6 Å². The van der Waals surface area contributed by atoms with E-state index >= 15 is 0 Å². The Morgan fingerprint density at radius 2 is 2.00 bits per heavy atom. The standard InChI is InChI=1S/C16H17ClN2O2S/c1-10-3-4-13(17)9-16(10)19-22(20,21)14-5-6-15-12(8-14)7-11(2)18-15/h3-6,8-9,11,18-19H,7H2,1-2H3. The minimum atomic E-state index is -3.63. The van der Waals surface area contributed by atoms with Crippen molar-refractivity contribution in [3.63, 3.8) is 0 Å². The summed E-state index contributed by atoms with van der Waals surface area (Å²) in [6.45, 7) is 3.91. The van der Waals surface area contributed by atoms with E-state index in [0.29, 0.717) is 16.8 Å². The quantitative estimate of drug-likeness (QED) is 0.896. The normalized spacial score (nSPS) is 17.0. The first-order chi connectivity index (χ1) is 10.3. The van der Waals surface area contributed by atoms with Crippen LogP contribution in [0.1, 0.15) is 18.1 Å². The molecule has 3 rings (SSSR count). The van der Waals surface area contributed by atoms with Crippen LogP contribution in [0.2, 0.25) is 5.02 Å². The van der Waals surface area contributed by atoms with Gasteiger partial charge in [-0.3, -0.25) is 4.72 Å². The number of fused-ring (bicyclic) bond motifs is 1. The van der Waals surface area contributed by atoms with E-state index in [1.807, 2.05) is 13.0 Å². The van der Waals surface area contributed by atoms with Gasteiger partial charge in [0.15, 0.2) is 0 Å². The highest BCUT2D eigenvalue weighted by molar-refractivity contribution is 7.92. The first-order valence-corrected chi connectivity index (χ1v) is 8.90. The molecule has 1 heterocycles. The van der Waals surface area contributed by atoms with Gasteiger partial charge in [0.05, 0.1) is 10.6 Å². The van der Waals surface area contributed by atoms with E-state index in [1.165, 1.54) is 0 Å². The number of sulfonamides is 1. The lowest BCUT2D eigenvalue weighted by Gasteiger charge is -2.12. The van der Waals surface area contributed by atoms with Gasteiger partial charge in [0.2, 0.25) is 0 Å². The molecule has 0 radical (unpaired) electrons. The van der Waals surface area contributed by atoms with Crippen LogP contribution in [0.15, 0.2) is 41.3 Å². The molecule has 0 bridgehead atoms. The topological polar surface area (TPSA) is 58.2 Å². The highest BCUT2D eigenvalue weighted by Crippen LogP contribution is 2.29. The summed E-state index contributed by atoms with van der Waals surface area (Å²) in [6.07, 6.45) is 0.828. The molecular formula is C16H17ClN2O2S. The van der Waals surface area contributed by atoms with Crippen LogP contribution in [0.25, 0.3) is 0 Å². The van der Waals surface area contributed by atoms with Gasteiger partial charge < -0.3 is 5.32 Å². The molecule has 2 N–H and O–H groups in total. The minimum Gasteiger partial charge on any atom is -0.382 e. The zero-order valence-electron chi connectivity index (χ0n) is 12.4. The molecule has 0 spiro atoms. The van der Waals surface area contributed by atoms with Crippen LogP contribution in [-0.4, -0.2) is 14.5 Å². The number of hydrogen-bond acceptors (Lipinski definition) is 3. The predicted molar refractivity (Wildman–Crippen MR) is 90.2 cm³/mol. The highest BCUT2D eigenvalue weighted by Gasteiger charge is 2.21. The van der Waals surface area contributed by atoms with Gasteiger partial charge >= 0.3 is 0 Å². The molecule has 22 heavy (non-hydrogen) atoms. The fraction of sp³-hybridized carbons (Fsp3) is 0.250. The lowest BCUT2D eigenvalue weighted by molar-refractivity contribution is 0.601. The molecular weight excluding hydrogens is 320 g/mol. The van der Waals surface area contributed by atoms with Crippen molar-refractivity contribution in [3.8, 4) is 0 Å². The van der Waals surface area contributed by atoms with Crippen molar-refractivity contribution in [1.82, 2.24) is 0 Å². The maximum absolute atomic E-state index is 12.6. The summed E-state index contributed by atoms with van der Waals surface area (Å²) in [4.78, 5) is 0.265. The van der Waals surface area contributed by atoms with Crippen molar-refractivity contribution in [2.24, 2.45) is 0 Å². The third-order valence-corrected chi connectivity index (χ3v) is 5.36. The van der Waals surface area contributed by atoms with Gasteiger partial charge in [-0.25, -0.2) is 8.42 Å². The van der Waals surface area contributed by atoms with Crippen molar-refractivity contribution in [2.45, 2.75) is 31.2 Å². The Morgan fingerprint density at radius 3 is 2.77 bits per heavy atom. The van der Waals surface area contributed by atoms with Crippen LogP contribution in [-0.2, 0) is 16.4 Å².